The van der Waals surface area contributed by atoms with Gasteiger partial charge in [0.1, 0.15) is 11.5 Å². The van der Waals surface area contributed by atoms with Crippen LogP contribution in [-0.4, -0.2) is 38.2 Å². The maximum Gasteiger partial charge on any atom is 0.490 e. The number of ether oxygens (including phenoxy) is 1. The number of amides is 1. The quantitative estimate of drug-likeness (QED) is 0.419. The average Bonchev–Trinajstić information content (AvgIpc) is 3.24. The highest BCUT2D eigenvalue weighted by Gasteiger charge is 2.34. The van der Waals surface area contributed by atoms with E-state index >= 15 is 0 Å². The van der Waals surface area contributed by atoms with Gasteiger partial charge in [0, 0.05) is 9.98 Å². The van der Waals surface area contributed by atoms with Crippen molar-refractivity contribution in [3.8, 4) is 0 Å². The average molecular weight is 436 g/mol. The van der Waals surface area contributed by atoms with E-state index in [9.17, 15) is 19.7 Å². The van der Waals surface area contributed by atoms with E-state index in [1.807, 2.05) is 0 Å². The predicted molar refractivity (Wildman–Crippen MR) is 111 cm³/mol. The second-order valence-electron chi connectivity index (χ2n) is 8.28. The number of hydrogen-bond acceptors (Lipinski definition) is 8. The van der Waals surface area contributed by atoms with Crippen LogP contribution < -0.4 is 5.32 Å². The Hall–Kier alpha value is -2.82. The Morgan fingerprint density at radius 3 is 2.77 bits per heavy atom. The molecule has 0 aromatic carbocycles. The van der Waals surface area contributed by atoms with Gasteiger partial charge in [-0.1, -0.05) is 25.8 Å². The second kappa shape index (κ2) is 8.50. The number of hydrogen-bond donors (Lipinski definition) is 1. The fourth-order valence-electron chi connectivity index (χ4n) is 3.59. The van der Waals surface area contributed by atoms with Gasteiger partial charge in [-0.05, 0) is 48.0 Å². The monoisotopic (exact) mass is 435 g/mol. The van der Waals surface area contributed by atoms with E-state index in [1.54, 1.807) is 6.92 Å². The molecule has 2 aromatic rings. The number of anilines is 1. The number of nitrogens with zero attached hydrogens (tertiary/aromatic N) is 4. The van der Waals surface area contributed by atoms with Crippen molar-refractivity contribution in [2.75, 3.05) is 11.9 Å². The molecule has 10 nitrogen and oxygen atoms in total. The Labute approximate surface area is 177 Å². The smallest absolute Gasteiger partial charge is 0.462 e. The lowest BCUT2D eigenvalue weighted by Gasteiger charge is -2.33. The van der Waals surface area contributed by atoms with Gasteiger partial charge in [0.05, 0.1) is 12.2 Å². The van der Waals surface area contributed by atoms with Gasteiger partial charge in [-0.2, -0.15) is 4.68 Å². The molecule has 2 aromatic heterocycles. The first kappa shape index (κ1) is 21.9. The van der Waals surface area contributed by atoms with Gasteiger partial charge in [-0.15, -0.1) is 11.3 Å². The summed E-state index contributed by atoms with van der Waals surface area (Å²) < 4.78 is 6.31. The molecule has 1 unspecified atom stereocenters. The molecule has 11 heteroatoms. The summed E-state index contributed by atoms with van der Waals surface area (Å²) in [6.07, 6.45) is 3.70. The van der Waals surface area contributed by atoms with E-state index in [4.69, 9.17) is 4.74 Å². The molecule has 3 rings (SSSR count). The summed E-state index contributed by atoms with van der Waals surface area (Å²) >= 11 is 1.40. The third-order valence-electron chi connectivity index (χ3n) is 5.22. The molecule has 2 heterocycles. The van der Waals surface area contributed by atoms with Crippen molar-refractivity contribution in [1.82, 2.24) is 14.8 Å². The molecule has 0 spiro atoms. The first-order valence-electron chi connectivity index (χ1n) is 9.75. The molecule has 1 aliphatic carbocycles. The molecule has 1 N–H and O–H groups in total. The van der Waals surface area contributed by atoms with Gasteiger partial charge in [0.25, 0.3) is 0 Å². The van der Waals surface area contributed by atoms with Crippen molar-refractivity contribution in [1.29, 1.82) is 0 Å². The summed E-state index contributed by atoms with van der Waals surface area (Å²) in [6.45, 7) is 8.36. The SMILES string of the molecule is CCOC(=O)c1c(NC(=O)Cn2cnc([N+](=O)[O-])n2)sc2c1CCC(C(C)(C)C)C2. The van der Waals surface area contributed by atoms with Crippen LogP contribution in [0.5, 0.6) is 0 Å². The van der Waals surface area contributed by atoms with Gasteiger partial charge in [0.2, 0.25) is 12.2 Å². The van der Waals surface area contributed by atoms with E-state index in [0.717, 1.165) is 40.7 Å². The second-order valence-corrected chi connectivity index (χ2v) is 9.39. The Bertz CT molecular complexity index is 975. The molecule has 0 aliphatic heterocycles. The minimum Gasteiger partial charge on any atom is -0.462 e. The van der Waals surface area contributed by atoms with Crippen LogP contribution in [0.3, 0.4) is 0 Å². The standard InChI is InChI=1S/C19H25N5O5S/c1-5-29-17(26)15-12-7-6-11(19(2,3)4)8-13(12)30-16(15)21-14(25)9-23-10-20-18(22-23)24(27)28/h10-11H,5-9H2,1-4H3,(H,21,25). The summed E-state index contributed by atoms with van der Waals surface area (Å²) in [6, 6.07) is 0. The van der Waals surface area contributed by atoms with Crippen LogP contribution in [0.15, 0.2) is 6.33 Å². The first-order chi connectivity index (χ1) is 14.1. The van der Waals surface area contributed by atoms with Crippen molar-refractivity contribution < 1.29 is 19.2 Å². The molecule has 0 saturated carbocycles. The molecule has 30 heavy (non-hydrogen) atoms. The van der Waals surface area contributed by atoms with Crippen LogP contribution in [0.25, 0.3) is 0 Å². The van der Waals surface area contributed by atoms with E-state index in [-0.39, 0.29) is 18.6 Å². The summed E-state index contributed by atoms with van der Waals surface area (Å²) in [4.78, 5) is 39.7. The van der Waals surface area contributed by atoms with Crippen molar-refractivity contribution in [3.63, 3.8) is 0 Å². The largest absolute Gasteiger partial charge is 0.490 e. The van der Waals surface area contributed by atoms with Crippen molar-refractivity contribution in [3.05, 3.63) is 32.4 Å². The molecule has 1 aliphatic rings. The lowest BCUT2D eigenvalue weighted by molar-refractivity contribution is -0.394. The lowest BCUT2D eigenvalue weighted by atomic mass is 9.72. The summed E-state index contributed by atoms with van der Waals surface area (Å²) in [5, 5.41) is 17.6. The summed E-state index contributed by atoms with van der Waals surface area (Å²) in [5.41, 5.74) is 1.52. The molecule has 162 valence electrons. The zero-order valence-corrected chi connectivity index (χ0v) is 18.2. The Balaban J connectivity index is 1.84. The predicted octanol–water partition coefficient (Wildman–Crippen LogP) is 3.21. The molecular formula is C19H25N5O5S. The maximum atomic E-state index is 12.6. The number of esters is 1. The Morgan fingerprint density at radius 2 is 2.17 bits per heavy atom. The molecule has 0 saturated heterocycles. The van der Waals surface area contributed by atoms with Gasteiger partial charge in [-0.3, -0.25) is 4.79 Å². The van der Waals surface area contributed by atoms with Crippen molar-refractivity contribution in [2.45, 2.75) is 53.5 Å². The van der Waals surface area contributed by atoms with Crippen LogP contribution in [0, 0.1) is 21.4 Å². The molecular weight excluding hydrogens is 410 g/mol. The number of aromatic nitrogens is 3. The number of carbonyl (C=O) groups is 2. The van der Waals surface area contributed by atoms with Crippen LogP contribution in [-0.2, 0) is 28.9 Å². The van der Waals surface area contributed by atoms with E-state index in [1.165, 1.54) is 11.3 Å². The van der Waals surface area contributed by atoms with Crippen LogP contribution in [0.2, 0.25) is 0 Å². The number of nitrogens with one attached hydrogen (secondary N) is 1. The topological polar surface area (TPSA) is 129 Å². The molecule has 1 amide bonds. The molecule has 0 bridgehead atoms. The van der Waals surface area contributed by atoms with Gasteiger partial charge in [-0.25, -0.2) is 4.79 Å². The van der Waals surface area contributed by atoms with Crippen LogP contribution in [0.1, 0.15) is 54.9 Å². The highest BCUT2D eigenvalue weighted by atomic mass is 32.1. The Kier molecular flexibility index (Phi) is 6.20. The van der Waals surface area contributed by atoms with Crippen LogP contribution >= 0.6 is 11.3 Å². The van der Waals surface area contributed by atoms with Crippen LogP contribution in [0.4, 0.5) is 10.9 Å². The third-order valence-corrected chi connectivity index (χ3v) is 6.39. The van der Waals surface area contributed by atoms with E-state index in [2.05, 4.69) is 36.2 Å². The number of carbonyl (C=O) groups excluding carboxylic acids is 2. The van der Waals surface area contributed by atoms with Crippen molar-refractivity contribution >= 4 is 34.2 Å². The highest BCUT2D eigenvalue weighted by Crippen LogP contribution is 2.44. The number of nitro groups is 1. The molecule has 0 fully saturated rings. The minimum atomic E-state index is -0.730. The first-order valence-corrected chi connectivity index (χ1v) is 10.6. The highest BCUT2D eigenvalue weighted by molar-refractivity contribution is 7.17. The summed E-state index contributed by atoms with van der Waals surface area (Å²) in [5.74, 6) is -0.991. The van der Waals surface area contributed by atoms with Crippen molar-refractivity contribution in [2.24, 2.45) is 11.3 Å². The van der Waals surface area contributed by atoms with E-state index < -0.39 is 22.7 Å². The van der Waals surface area contributed by atoms with Gasteiger partial charge >= 0.3 is 11.9 Å². The normalized spacial score (nSPS) is 16.1. The maximum absolute atomic E-state index is 12.6. The third kappa shape index (κ3) is 4.66. The van der Waals surface area contributed by atoms with E-state index in [0.29, 0.717) is 16.5 Å². The zero-order valence-electron chi connectivity index (χ0n) is 17.4. The van der Waals surface area contributed by atoms with Gasteiger partial charge < -0.3 is 20.2 Å². The fraction of sp³-hybridized carbons (Fsp3) is 0.579. The summed E-state index contributed by atoms with van der Waals surface area (Å²) in [7, 11) is 0. The number of rotatable bonds is 6. The molecule has 0 radical (unpaired) electrons. The fourth-order valence-corrected chi connectivity index (χ4v) is 4.92. The number of fused-ring (bicyclic) bond motifs is 1. The minimum absolute atomic E-state index is 0.150. The lowest BCUT2D eigenvalue weighted by Crippen LogP contribution is -2.26. The zero-order chi connectivity index (χ0) is 22.1. The Morgan fingerprint density at radius 1 is 1.43 bits per heavy atom. The molecule has 1 atom stereocenters. The van der Waals surface area contributed by atoms with Gasteiger partial charge in [0.15, 0.2) is 0 Å². The number of thiophene rings is 1.